The molecule has 1 atom stereocenters. The zero-order valence-corrected chi connectivity index (χ0v) is 8.00. The summed E-state index contributed by atoms with van der Waals surface area (Å²) >= 11 is 0. The molecule has 0 aromatic carbocycles. The number of urea groups is 1. The van der Waals surface area contributed by atoms with Crippen molar-refractivity contribution in [3.63, 3.8) is 0 Å². The standard InChI is InChI=1S/C8H17N3O/c1-7-6-11(5-4-9-7)8(12)10(2)3/h7,9H,4-6H2,1-3H3/t7-/m1/s1. The first-order valence-corrected chi connectivity index (χ1v) is 4.31. The number of nitrogens with one attached hydrogen (secondary N) is 1. The van der Waals surface area contributed by atoms with E-state index in [9.17, 15) is 4.79 Å². The van der Waals surface area contributed by atoms with Gasteiger partial charge in [-0.2, -0.15) is 0 Å². The lowest BCUT2D eigenvalue weighted by molar-refractivity contribution is 0.155. The molecule has 1 heterocycles. The molecule has 12 heavy (non-hydrogen) atoms. The van der Waals surface area contributed by atoms with Crippen molar-refractivity contribution < 1.29 is 4.79 Å². The first-order chi connectivity index (χ1) is 5.61. The minimum absolute atomic E-state index is 0.114. The van der Waals surface area contributed by atoms with Gasteiger partial charge in [0, 0.05) is 39.8 Å². The van der Waals surface area contributed by atoms with Crippen LogP contribution in [0.3, 0.4) is 0 Å². The van der Waals surface area contributed by atoms with E-state index in [-0.39, 0.29) is 6.03 Å². The summed E-state index contributed by atoms with van der Waals surface area (Å²) in [5.74, 6) is 0. The van der Waals surface area contributed by atoms with Crippen LogP contribution in [0.15, 0.2) is 0 Å². The molecule has 4 heteroatoms. The Bertz CT molecular complexity index is 170. The van der Waals surface area contributed by atoms with Crippen LogP contribution in [0.25, 0.3) is 0 Å². The van der Waals surface area contributed by atoms with Crippen molar-refractivity contribution in [3.8, 4) is 0 Å². The molecule has 70 valence electrons. The maximum atomic E-state index is 11.5. The topological polar surface area (TPSA) is 35.6 Å². The smallest absolute Gasteiger partial charge is 0.319 e. The van der Waals surface area contributed by atoms with Crippen LogP contribution in [0, 0.1) is 0 Å². The van der Waals surface area contributed by atoms with Crippen LogP contribution >= 0.6 is 0 Å². The van der Waals surface area contributed by atoms with E-state index in [1.807, 2.05) is 4.90 Å². The SMILES string of the molecule is C[C@@H]1CN(C(=O)N(C)C)CCN1. The van der Waals surface area contributed by atoms with Gasteiger partial charge < -0.3 is 15.1 Å². The van der Waals surface area contributed by atoms with E-state index in [0.717, 1.165) is 19.6 Å². The molecule has 0 aliphatic carbocycles. The highest BCUT2D eigenvalue weighted by molar-refractivity contribution is 5.73. The first kappa shape index (κ1) is 9.32. The first-order valence-electron chi connectivity index (χ1n) is 4.31. The maximum Gasteiger partial charge on any atom is 0.319 e. The Morgan fingerprint density at radius 2 is 2.25 bits per heavy atom. The van der Waals surface area contributed by atoms with Crippen molar-refractivity contribution in [1.29, 1.82) is 0 Å². The second-order valence-electron chi connectivity index (χ2n) is 3.48. The fourth-order valence-electron chi connectivity index (χ4n) is 1.39. The van der Waals surface area contributed by atoms with E-state index < -0.39 is 0 Å². The highest BCUT2D eigenvalue weighted by Gasteiger charge is 2.20. The van der Waals surface area contributed by atoms with E-state index in [2.05, 4.69) is 12.2 Å². The van der Waals surface area contributed by atoms with Crippen molar-refractivity contribution in [1.82, 2.24) is 15.1 Å². The Labute approximate surface area is 73.5 Å². The van der Waals surface area contributed by atoms with Crippen molar-refractivity contribution in [3.05, 3.63) is 0 Å². The summed E-state index contributed by atoms with van der Waals surface area (Å²) in [6.45, 7) is 4.63. The Kier molecular flexibility index (Phi) is 2.92. The van der Waals surface area contributed by atoms with Crippen LogP contribution in [-0.2, 0) is 0 Å². The minimum atomic E-state index is 0.114. The monoisotopic (exact) mass is 171 g/mol. The lowest BCUT2D eigenvalue weighted by atomic mass is 10.2. The molecule has 0 unspecified atom stereocenters. The molecule has 1 saturated heterocycles. The third kappa shape index (κ3) is 2.11. The average Bonchev–Trinajstić information content (AvgIpc) is 2.03. The van der Waals surface area contributed by atoms with Crippen LogP contribution in [0.5, 0.6) is 0 Å². The molecule has 4 nitrogen and oxygen atoms in total. The van der Waals surface area contributed by atoms with Gasteiger partial charge in [-0.15, -0.1) is 0 Å². The molecule has 0 aromatic rings. The van der Waals surface area contributed by atoms with Crippen molar-refractivity contribution in [2.45, 2.75) is 13.0 Å². The lowest BCUT2D eigenvalue weighted by Crippen LogP contribution is -2.53. The molecule has 0 radical (unpaired) electrons. The van der Waals surface area contributed by atoms with Crippen LogP contribution < -0.4 is 5.32 Å². The molecular weight excluding hydrogens is 154 g/mol. The van der Waals surface area contributed by atoms with Gasteiger partial charge in [0.2, 0.25) is 0 Å². The van der Waals surface area contributed by atoms with Crippen LogP contribution in [0.1, 0.15) is 6.92 Å². The largest absolute Gasteiger partial charge is 0.331 e. The van der Waals surface area contributed by atoms with Crippen molar-refractivity contribution in [2.24, 2.45) is 0 Å². The zero-order valence-electron chi connectivity index (χ0n) is 8.00. The second kappa shape index (κ2) is 3.76. The van der Waals surface area contributed by atoms with Gasteiger partial charge in [0.25, 0.3) is 0 Å². The number of piperazine rings is 1. The molecule has 1 rings (SSSR count). The summed E-state index contributed by atoms with van der Waals surface area (Å²) in [5.41, 5.74) is 0. The van der Waals surface area contributed by atoms with Gasteiger partial charge in [-0.1, -0.05) is 0 Å². The molecule has 0 spiro atoms. The molecule has 0 saturated carbocycles. The summed E-state index contributed by atoms with van der Waals surface area (Å²) in [7, 11) is 3.57. The third-order valence-electron chi connectivity index (χ3n) is 2.02. The normalized spacial score (nSPS) is 23.9. The number of carbonyl (C=O) groups is 1. The van der Waals surface area contributed by atoms with Gasteiger partial charge in [0.15, 0.2) is 0 Å². The fraction of sp³-hybridized carbons (Fsp3) is 0.875. The Morgan fingerprint density at radius 3 is 2.75 bits per heavy atom. The quantitative estimate of drug-likeness (QED) is 0.555. The van der Waals surface area contributed by atoms with Gasteiger partial charge in [-0.05, 0) is 6.92 Å². The van der Waals surface area contributed by atoms with Gasteiger partial charge >= 0.3 is 6.03 Å². The molecule has 2 amide bonds. The number of hydrogen-bond donors (Lipinski definition) is 1. The van der Waals surface area contributed by atoms with Gasteiger partial charge in [0.05, 0.1) is 0 Å². The number of hydrogen-bond acceptors (Lipinski definition) is 2. The maximum absolute atomic E-state index is 11.5. The highest BCUT2D eigenvalue weighted by Crippen LogP contribution is 2.00. The molecule has 1 aliphatic heterocycles. The van der Waals surface area contributed by atoms with Crippen molar-refractivity contribution in [2.75, 3.05) is 33.7 Å². The summed E-state index contributed by atoms with van der Waals surface area (Å²) in [6, 6.07) is 0.533. The number of rotatable bonds is 0. The Hall–Kier alpha value is -0.770. The van der Waals surface area contributed by atoms with Gasteiger partial charge in [-0.25, -0.2) is 4.79 Å². The lowest BCUT2D eigenvalue weighted by Gasteiger charge is -2.33. The third-order valence-corrected chi connectivity index (χ3v) is 2.02. The van der Waals surface area contributed by atoms with Crippen molar-refractivity contribution >= 4 is 6.03 Å². The number of amides is 2. The predicted octanol–water partition coefficient (Wildman–Crippen LogP) is -0.0383. The second-order valence-corrected chi connectivity index (χ2v) is 3.48. The average molecular weight is 171 g/mol. The fourth-order valence-corrected chi connectivity index (χ4v) is 1.39. The highest BCUT2D eigenvalue weighted by atomic mass is 16.2. The van der Waals surface area contributed by atoms with Crippen LogP contribution in [0.4, 0.5) is 4.79 Å². The van der Waals surface area contributed by atoms with Gasteiger partial charge in [0.1, 0.15) is 0 Å². The summed E-state index contributed by atoms with van der Waals surface area (Å²) < 4.78 is 0. The summed E-state index contributed by atoms with van der Waals surface area (Å²) in [5, 5.41) is 3.29. The van der Waals surface area contributed by atoms with Gasteiger partial charge in [-0.3, -0.25) is 0 Å². The number of nitrogens with zero attached hydrogens (tertiary/aromatic N) is 2. The molecular formula is C8H17N3O. The summed E-state index contributed by atoms with van der Waals surface area (Å²) in [6.07, 6.45) is 0. The van der Waals surface area contributed by atoms with E-state index >= 15 is 0 Å². The van der Waals surface area contributed by atoms with E-state index in [1.165, 1.54) is 0 Å². The van der Waals surface area contributed by atoms with Crippen LogP contribution in [-0.4, -0.2) is 55.6 Å². The van der Waals surface area contributed by atoms with E-state index in [1.54, 1.807) is 19.0 Å². The van der Waals surface area contributed by atoms with E-state index in [4.69, 9.17) is 0 Å². The minimum Gasteiger partial charge on any atom is -0.331 e. The Morgan fingerprint density at radius 1 is 1.58 bits per heavy atom. The molecule has 1 N–H and O–H groups in total. The number of carbonyl (C=O) groups excluding carboxylic acids is 1. The molecule has 0 bridgehead atoms. The zero-order chi connectivity index (χ0) is 9.14. The molecule has 1 aliphatic rings. The van der Waals surface area contributed by atoms with Crippen LogP contribution in [0.2, 0.25) is 0 Å². The Balaban J connectivity index is 2.46. The summed E-state index contributed by atoms with van der Waals surface area (Å²) in [4.78, 5) is 15.0. The molecule has 1 fully saturated rings. The van der Waals surface area contributed by atoms with E-state index in [0.29, 0.717) is 6.04 Å². The molecule has 0 aromatic heterocycles. The predicted molar refractivity (Wildman–Crippen MR) is 48.1 cm³/mol.